The van der Waals surface area contributed by atoms with E-state index in [0.29, 0.717) is 88.4 Å². The monoisotopic (exact) mass is 1140 g/mol. The molecule has 1 fully saturated rings. The highest BCUT2D eigenvalue weighted by Crippen LogP contribution is 2.66. The number of thiazole rings is 1. The molecule has 3 aromatic heterocycles. The van der Waals surface area contributed by atoms with E-state index in [1.54, 1.807) is 24.3 Å². The molecule has 0 saturated carbocycles. The zero-order valence-electron chi connectivity index (χ0n) is 38.3. The number of nitrogens with one attached hydrogen (secondary N) is 4. The Bertz CT molecular complexity index is 3320. The van der Waals surface area contributed by atoms with Gasteiger partial charge in [0.1, 0.15) is 41.3 Å². The third-order valence-corrected chi connectivity index (χ3v) is 16.1. The second-order valence-corrected chi connectivity index (χ2v) is 22.9. The van der Waals surface area contributed by atoms with Crippen molar-refractivity contribution < 1.29 is 93.1 Å². The molecule has 34 heteroatoms. The predicted octanol–water partition coefficient (Wildman–Crippen LogP) is 1.38. The SMILES string of the molecule is O=C(CCCCCNC(=O)CCCNCCOc1ccc2oc(=O)c(-c3nc4ccc(S(=O)(=O)O)cc4s3)cc2c1)NC/C=C/c1cn([C@@H]2O[C@H](COP(=O)(O)OP(=O)(O)OP(=O)(O)O)[C@@H](O)[C@H]2O)c(=O)[nH]c1=O. The van der Waals surface area contributed by atoms with Crippen LogP contribution in [0.2, 0.25) is 0 Å². The molecule has 6 atom stereocenters. The summed E-state index contributed by atoms with van der Waals surface area (Å²) in [5, 5.41) is 30.5. The molecule has 4 heterocycles. The summed E-state index contributed by atoms with van der Waals surface area (Å²) < 4.78 is 96.4. The fraction of sp³-hybridized carbons (Fsp3) is 0.400. The van der Waals surface area contributed by atoms with Gasteiger partial charge in [0.2, 0.25) is 11.8 Å². The van der Waals surface area contributed by atoms with Crippen LogP contribution in [0.4, 0.5) is 0 Å². The molecule has 1 aliphatic heterocycles. The van der Waals surface area contributed by atoms with Crippen molar-refractivity contribution in [3.63, 3.8) is 0 Å². The largest absolute Gasteiger partial charge is 0.492 e. The molecule has 6 rings (SSSR count). The third-order valence-electron chi connectivity index (χ3n) is 10.4. The number of aliphatic hydroxyl groups is 2. The number of rotatable bonds is 27. The van der Waals surface area contributed by atoms with Crippen LogP contribution in [0.1, 0.15) is 50.3 Å². The smallest absolute Gasteiger partial charge is 0.490 e. The second kappa shape index (κ2) is 25.1. The number of fused-ring (bicyclic) bond motifs is 2. The van der Waals surface area contributed by atoms with Gasteiger partial charge in [-0.2, -0.15) is 17.0 Å². The molecule has 2 amide bonds. The first-order valence-corrected chi connectivity index (χ1v) is 28.7. The Balaban J connectivity index is 0.822. The Kier molecular flexibility index (Phi) is 19.7. The van der Waals surface area contributed by atoms with Crippen molar-refractivity contribution in [2.75, 3.05) is 39.4 Å². The minimum absolute atomic E-state index is 0.0317. The van der Waals surface area contributed by atoms with E-state index in [-0.39, 0.29) is 47.2 Å². The van der Waals surface area contributed by atoms with Gasteiger partial charge in [-0.1, -0.05) is 18.6 Å². The highest BCUT2D eigenvalue weighted by Gasteiger charge is 2.47. The standard InChI is InChI=1S/C40H49N6O23P3S2/c47-32(43-15-4-6-23-21-46(40(53)45-36(23)51)38-35(50)34(49)30(66-38)22-65-71(57,58)69-72(59,60)68-70(54,55)56)7-2-1-3-14-42-33(48)8-5-13-41-16-17-64-25-9-12-29-24(18-25)19-27(39(52)67-29)37-44-28-11-10-26(74(61,62)63)20-31(28)73-37/h4,6,9-12,18-21,30,34-35,38,41,49-50H,1-3,5,7-8,13-17,22H2,(H,42,48)(H,43,47)(H,57,58)(H,59,60)(H,45,51,53)(H2,54,55,56)(H,61,62,63)/b6-4+/t30-,34-,35-,38-/m1/s1. The maximum Gasteiger partial charge on any atom is 0.490 e. The van der Waals surface area contributed by atoms with E-state index in [9.17, 15) is 70.6 Å². The lowest BCUT2D eigenvalue weighted by Gasteiger charge is -2.19. The van der Waals surface area contributed by atoms with Crippen LogP contribution in [-0.4, -0.2) is 127 Å². The van der Waals surface area contributed by atoms with Crippen LogP contribution in [-0.2, 0) is 51.3 Å². The number of benzene rings is 2. The van der Waals surface area contributed by atoms with Crippen LogP contribution in [0.25, 0.3) is 37.8 Å². The van der Waals surface area contributed by atoms with Gasteiger partial charge in [-0.05, 0) is 68.3 Å². The van der Waals surface area contributed by atoms with E-state index in [0.717, 1.165) is 17.5 Å². The molecule has 1 saturated heterocycles. The molecule has 2 unspecified atom stereocenters. The number of ether oxygens (including phenoxy) is 2. The molecule has 0 bridgehead atoms. The number of nitrogens with zero attached hydrogens (tertiary/aromatic N) is 2. The summed E-state index contributed by atoms with van der Waals surface area (Å²) in [4.78, 5) is 105. The minimum atomic E-state index is -5.85. The first kappa shape index (κ1) is 58.1. The van der Waals surface area contributed by atoms with Crippen molar-refractivity contribution in [3.05, 3.63) is 91.6 Å². The number of amides is 2. The zero-order valence-corrected chi connectivity index (χ0v) is 42.6. The molecule has 29 nitrogen and oxygen atoms in total. The molecule has 0 aliphatic carbocycles. The van der Waals surface area contributed by atoms with E-state index in [1.807, 2.05) is 4.98 Å². The lowest BCUT2D eigenvalue weighted by Crippen LogP contribution is -2.38. The normalized spacial score (nSPS) is 18.9. The molecule has 2 aromatic carbocycles. The van der Waals surface area contributed by atoms with Crippen molar-refractivity contribution in [3.8, 4) is 16.3 Å². The topological polar surface area (TPSA) is 441 Å². The number of phosphoric acid groups is 3. The second-order valence-electron chi connectivity index (χ2n) is 16.0. The van der Waals surface area contributed by atoms with Gasteiger partial charge in [-0.25, -0.2) is 28.3 Å². The van der Waals surface area contributed by atoms with Crippen LogP contribution >= 0.6 is 34.8 Å². The summed E-state index contributed by atoms with van der Waals surface area (Å²) in [6, 6.07) is 10.5. The van der Waals surface area contributed by atoms with E-state index in [1.165, 1.54) is 30.4 Å². The highest BCUT2D eigenvalue weighted by atomic mass is 32.2. The van der Waals surface area contributed by atoms with E-state index in [2.05, 4.69) is 34.1 Å². The number of hydrogen-bond acceptors (Lipinski definition) is 21. The Morgan fingerprint density at radius 3 is 2.36 bits per heavy atom. The fourth-order valence-corrected chi connectivity index (χ4v) is 11.6. The molecule has 11 N–H and O–H groups in total. The van der Waals surface area contributed by atoms with Crippen molar-refractivity contribution in [2.45, 2.75) is 68.0 Å². The number of aliphatic hydroxyl groups excluding tert-OH is 2. The summed E-state index contributed by atoms with van der Waals surface area (Å²) in [7, 11) is -21.5. The van der Waals surface area contributed by atoms with Crippen LogP contribution in [0.5, 0.6) is 5.75 Å². The summed E-state index contributed by atoms with van der Waals surface area (Å²) in [5.41, 5.74) is -1.82. The number of aromatic amines is 1. The lowest BCUT2D eigenvalue weighted by molar-refractivity contribution is -0.122. The number of unbranched alkanes of at least 4 members (excludes halogenated alkanes) is 2. The van der Waals surface area contributed by atoms with Gasteiger partial charge in [0, 0.05) is 44.1 Å². The lowest BCUT2D eigenvalue weighted by atomic mass is 10.1. The predicted molar refractivity (Wildman–Crippen MR) is 259 cm³/mol. The van der Waals surface area contributed by atoms with Crippen LogP contribution < -0.4 is 37.6 Å². The average Bonchev–Trinajstić information content (AvgIpc) is 3.85. The van der Waals surface area contributed by atoms with Crippen molar-refractivity contribution in [2.24, 2.45) is 0 Å². The Hall–Kier alpha value is -5.14. The summed E-state index contributed by atoms with van der Waals surface area (Å²) >= 11 is 1.07. The molecular formula is C40H49N6O23P3S2. The van der Waals surface area contributed by atoms with Gasteiger partial charge in [-0.3, -0.25) is 33.0 Å². The van der Waals surface area contributed by atoms with Crippen LogP contribution in [0.3, 0.4) is 0 Å². The zero-order chi connectivity index (χ0) is 54.0. The molecule has 74 heavy (non-hydrogen) atoms. The van der Waals surface area contributed by atoms with Gasteiger partial charge in [0.05, 0.1) is 32.8 Å². The first-order valence-electron chi connectivity index (χ1n) is 21.9. The Morgan fingerprint density at radius 2 is 1.62 bits per heavy atom. The average molecular weight is 1140 g/mol. The van der Waals surface area contributed by atoms with E-state index < -0.39 is 81.6 Å². The quantitative estimate of drug-likeness (QED) is 0.0153. The first-order chi connectivity index (χ1) is 34.8. The Labute approximate surface area is 421 Å². The van der Waals surface area contributed by atoms with Crippen LogP contribution in [0.15, 0.2) is 78.4 Å². The molecule has 0 radical (unpaired) electrons. The van der Waals surface area contributed by atoms with Gasteiger partial charge in [0.15, 0.2) is 6.23 Å². The fourth-order valence-electron chi connectivity index (χ4n) is 6.99. The van der Waals surface area contributed by atoms with Crippen LogP contribution in [0, 0.1) is 0 Å². The summed E-state index contributed by atoms with van der Waals surface area (Å²) in [5.74, 6) is 0.0879. The molecule has 5 aromatic rings. The minimum Gasteiger partial charge on any atom is -0.492 e. The number of carbonyl (C=O) groups is 2. The highest BCUT2D eigenvalue weighted by molar-refractivity contribution is 7.85. The molecule has 404 valence electrons. The van der Waals surface area contributed by atoms with Gasteiger partial charge in [0.25, 0.3) is 15.7 Å². The van der Waals surface area contributed by atoms with Gasteiger partial charge < -0.3 is 59.6 Å². The van der Waals surface area contributed by atoms with Crippen molar-refractivity contribution in [1.29, 1.82) is 0 Å². The van der Waals surface area contributed by atoms with Crippen molar-refractivity contribution in [1.82, 2.24) is 30.5 Å². The summed E-state index contributed by atoms with van der Waals surface area (Å²) in [6.07, 6.45) is -0.848. The summed E-state index contributed by atoms with van der Waals surface area (Å²) in [6.45, 7) is 0.583. The number of carbonyl (C=O) groups excluding carboxylic acids is 2. The maximum absolute atomic E-state index is 12.8. The Morgan fingerprint density at radius 1 is 0.878 bits per heavy atom. The van der Waals surface area contributed by atoms with Gasteiger partial charge in [-0.15, -0.1) is 11.3 Å². The molecular weight excluding hydrogens is 1090 g/mol. The number of hydrogen-bond donors (Lipinski definition) is 11. The van der Waals surface area contributed by atoms with E-state index >= 15 is 0 Å². The van der Waals surface area contributed by atoms with Crippen molar-refractivity contribution >= 4 is 84.0 Å². The molecule has 1 aliphatic rings. The maximum atomic E-state index is 12.8. The number of H-pyrrole nitrogens is 1. The van der Waals surface area contributed by atoms with Gasteiger partial charge >= 0.3 is 34.8 Å². The number of aromatic nitrogens is 3. The van der Waals surface area contributed by atoms with E-state index in [4.69, 9.17) is 23.7 Å². The third kappa shape index (κ3) is 16.9. The number of phosphoric ester groups is 1. The molecule has 0 spiro atoms.